The van der Waals surface area contributed by atoms with Gasteiger partial charge in [-0.05, 0) is 23.8 Å². The molecule has 2 rings (SSSR count). The van der Waals surface area contributed by atoms with E-state index in [1.165, 1.54) is 30.5 Å². The van der Waals surface area contributed by atoms with E-state index in [9.17, 15) is 26.4 Å². The molecular formula is C16H14F3NO4S. The zero-order chi connectivity index (χ0) is 18.7. The first-order chi connectivity index (χ1) is 11.6. The van der Waals surface area contributed by atoms with Gasteiger partial charge in [0.15, 0.2) is 9.84 Å². The van der Waals surface area contributed by atoms with Crippen molar-refractivity contribution >= 4 is 15.8 Å². The van der Waals surface area contributed by atoms with Crippen LogP contribution in [0.4, 0.5) is 13.2 Å². The number of sulfone groups is 1. The zero-order valence-corrected chi connectivity index (χ0v) is 13.9. The Balaban J connectivity index is 2.33. The molecule has 0 saturated carbocycles. The van der Waals surface area contributed by atoms with E-state index in [4.69, 9.17) is 0 Å². The Labute approximate surface area is 142 Å². The second-order valence-corrected chi connectivity index (χ2v) is 7.24. The van der Waals surface area contributed by atoms with Crippen molar-refractivity contribution < 1.29 is 31.1 Å². The number of methoxy groups -OCH3 is 1. The van der Waals surface area contributed by atoms with Gasteiger partial charge in [0.2, 0.25) is 0 Å². The number of hydrogen-bond acceptors (Lipinski definition) is 5. The summed E-state index contributed by atoms with van der Waals surface area (Å²) in [6.07, 6.45) is -3.37. The number of hydrogen-bond donors (Lipinski definition) is 0. The third-order valence-electron chi connectivity index (χ3n) is 3.35. The molecule has 0 unspecified atom stereocenters. The third-order valence-corrected chi connectivity index (χ3v) is 4.81. The van der Waals surface area contributed by atoms with E-state index in [0.29, 0.717) is 0 Å². The van der Waals surface area contributed by atoms with Crippen LogP contribution >= 0.6 is 0 Å². The number of halogens is 3. The maximum Gasteiger partial charge on any atom is 0.416 e. The first-order valence-corrected chi connectivity index (χ1v) is 8.84. The third kappa shape index (κ3) is 4.79. The van der Waals surface area contributed by atoms with E-state index in [0.717, 1.165) is 19.2 Å². The highest BCUT2D eigenvalue weighted by molar-refractivity contribution is 7.89. The highest BCUT2D eigenvalue weighted by Gasteiger charge is 2.34. The highest BCUT2D eigenvalue weighted by atomic mass is 32.2. The Morgan fingerprint density at radius 3 is 2.44 bits per heavy atom. The van der Waals surface area contributed by atoms with Crippen molar-refractivity contribution in [2.75, 3.05) is 7.11 Å². The van der Waals surface area contributed by atoms with Gasteiger partial charge in [-0.25, -0.2) is 13.2 Å². The van der Waals surface area contributed by atoms with E-state index in [1.54, 1.807) is 0 Å². The number of nitrogens with zero attached hydrogens (tertiary/aromatic N) is 1. The van der Waals surface area contributed by atoms with Crippen molar-refractivity contribution in [2.45, 2.75) is 17.7 Å². The molecule has 0 aliphatic rings. The minimum atomic E-state index is -4.66. The quantitative estimate of drug-likeness (QED) is 0.754. The van der Waals surface area contributed by atoms with Gasteiger partial charge >= 0.3 is 12.1 Å². The maximum atomic E-state index is 13.0. The van der Waals surface area contributed by atoms with E-state index in [2.05, 4.69) is 9.72 Å². The standard InChI is InChI=1S/C16H14F3NO4S/c1-24-15(21)12-6-4-8-20-14(12)10-25(22,23)9-11-5-2-3-7-13(11)16(17,18)19/h2-8H,9-10H2,1H3. The number of rotatable bonds is 5. The van der Waals surface area contributed by atoms with Gasteiger partial charge in [-0.3, -0.25) is 4.98 Å². The molecule has 134 valence electrons. The summed E-state index contributed by atoms with van der Waals surface area (Å²) >= 11 is 0. The zero-order valence-electron chi connectivity index (χ0n) is 13.1. The van der Waals surface area contributed by atoms with Crippen LogP contribution in [0.15, 0.2) is 42.6 Å². The molecule has 1 aromatic carbocycles. The predicted octanol–water partition coefficient (Wildman–Crippen LogP) is 3.00. The fraction of sp³-hybridized carbons (Fsp3) is 0.250. The van der Waals surface area contributed by atoms with Crippen LogP contribution < -0.4 is 0 Å². The Morgan fingerprint density at radius 1 is 1.12 bits per heavy atom. The molecule has 0 aliphatic heterocycles. The van der Waals surface area contributed by atoms with E-state index in [1.807, 2.05) is 0 Å². The van der Waals surface area contributed by atoms with Gasteiger partial charge in [0.25, 0.3) is 0 Å². The van der Waals surface area contributed by atoms with Gasteiger partial charge in [-0.2, -0.15) is 13.2 Å². The van der Waals surface area contributed by atoms with Crippen molar-refractivity contribution in [3.63, 3.8) is 0 Å². The van der Waals surface area contributed by atoms with E-state index in [-0.39, 0.29) is 16.8 Å². The average molecular weight is 373 g/mol. The number of esters is 1. The number of carbonyl (C=O) groups is 1. The summed E-state index contributed by atoms with van der Waals surface area (Å²) in [6, 6.07) is 7.23. The molecule has 0 N–H and O–H groups in total. The lowest BCUT2D eigenvalue weighted by Crippen LogP contribution is -2.16. The van der Waals surface area contributed by atoms with Crippen LogP contribution in [0.2, 0.25) is 0 Å². The van der Waals surface area contributed by atoms with Gasteiger partial charge in [0.1, 0.15) is 0 Å². The molecule has 0 bridgehead atoms. The Bertz CT molecular complexity index is 879. The topological polar surface area (TPSA) is 73.3 Å². The van der Waals surface area contributed by atoms with E-state index >= 15 is 0 Å². The summed E-state index contributed by atoms with van der Waals surface area (Å²) in [7, 11) is -2.87. The van der Waals surface area contributed by atoms with Crippen molar-refractivity contribution in [3.8, 4) is 0 Å². The molecule has 0 atom stereocenters. The molecule has 0 amide bonds. The summed E-state index contributed by atoms with van der Waals surface area (Å²) in [6.45, 7) is 0. The normalized spacial score (nSPS) is 12.0. The molecule has 0 fully saturated rings. The minimum absolute atomic E-state index is 0.0438. The lowest BCUT2D eigenvalue weighted by Gasteiger charge is -2.13. The van der Waals surface area contributed by atoms with Gasteiger partial charge < -0.3 is 4.74 Å². The lowest BCUT2D eigenvalue weighted by atomic mass is 10.1. The first kappa shape index (κ1) is 18.9. The van der Waals surface area contributed by atoms with Crippen molar-refractivity contribution in [1.82, 2.24) is 4.98 Å². The molecule has 0 spiro atoms. The summed E-state index contributed by atoms with van der Waals surface area (Å²) < 4.78 is 68.2. The number of pyridine rings is 1. The van der Waals surface area contributed by atoms with Gasteiger partial charge in [-0.1, -0.05) is 18.2 Å². The van der Waals surface area contributed by atoms with E-state index < -0.39 is 39.1 Å². The summed E-state index contributed by atoms with van der Waals surface area (Å²) in [5.74, 6) is -2.27. The minimum Gasteiger partial charge on any atom is -0.465 e. The Morgan fingerprint density at radius 2 is 1.80 bits per heavy atom. The van der Waals surface area contributed by atoms with Crippen LogP contribution in [0, 0.1) is 0 Å². The van der Waals surface area contributed by atoms with Crippen LogP contribution in [-0.4, -0.2) is 26.5 Å². The molecule has 0 aliphatic carbocycles. The second kappa shape index (κ2) is 7.22. The molecule has 0 saturated heterocycles. The molecule has 2 aromatic rings. The molecule has 9 heteroatoms. The smallest absolute Gasteiger partial charge is 0.416 e. The molecule has 5 nitrogen and oxygen atoms in total. The monoisotopic (exact) mass is 373 g/mol. The summed E-state index contributed by atoms with van der Waals surface area (Å²) in [5.41, 5.74) is -1.48. The largest absolute Gasteiger partial charge is 0.465 e. The fourth-order valence-corrected chi connectivity index (χ4v) is 3.74. The van der Waals surface area contributed by atoms with Crippen LogP contribution in [0.3, 0.4) is 0 Å². The number of benzene rings is 1. The number of aromatic nitrogens is 1. The van der Waals surface area contributed by atoms with Crippen LogP contribution in [0.5, 0.6) is 0 Å². The summed E-state index contributed by atoms with van der Waals surface area (Å²) in [5, 5.41) is 0. The van der Waals surface area contributed by atoms with Crippen LogP contribution in [0.1, 0.15) is 27.2 Å². The van der Waals surface area contributed by atoms with Gasteiger partial charge in [0, 0.05) is 6.20 Å². The Kier molecular flexibility index (Phi) is 5.46. The maximum absolute atomic E-state index is 13.0. The Hall–Kier alpha value is -2.42. The van der Waals surface area contributed by atoms with Crippen molar-refractivity contribution in [1.29, 1.82) is 0 Å². The fourth-order valence-electron chi connectivity index (χ4n) is 2.27. The summed E-state index contributed by atoms with van der Waals surface area (Å²) in [4.78, 5) is 15.5. The molecule has 25 heavy (non-hydrogen) atoms. The SMILES string of the molecule is COC(=O)c1cccnc1CS(=O)(=O)Cc1ccccc1C(F)(F)F. The second-order valence-electron chi connectivity index (χ2n) is 5.18. The lowest BCUT2D eigenvalue weighted by molar-refractivity contribution is -0.138. The van der Waals surface area contributed by atoms with Crippen LogP contribution in [-0.2, 0) is 32.3 Å². The van der Waals surface area contributed by atoms with Crippen LogP contribution in [0.25, 0.3) is 0 Å². The average Bonchev–Trinajstić information content (AvgIpc) is 2.53. The van der Waals surface area contributed by atoms with Crippen molar-refractivity contribution in [3.05, 3.63) is 65.0 Å². The first-order valence-electron chi connectivity index (χ1n) is 7.02. The highest BCUT2D eigenvalue weighted by Crippen LogP contribution is 2.33. The molecule has 1 aromatic heterocycles. The number of ether oxygens (including phenoxy) is 1. The molecule has 0 radical (unpaired) electrons. The van der Waals surface area contributed by atoms with Gasteiger partial charge in [-0.15, -0.1) is 0 Å². The van der Waals surface area contributed by atoms with Gasteiger partial charge in [0.05, 0.1) is 35.4 Å². The molecule has 1 heterocycles. The van der Waals surface area contributed by atoms with Crippen molar-refractivity contribution in [2.24, 2.45) is 0 Å². The number of carbonyl (C=O) groups excluding carboxylic acids is 1. The number of alkyl halides is 3. The predicted molar refractivity (Wildman–Crippen MR) is 83.3 cm³/mol. The molecular weight excluding hydrogens is 359 g/mol.